The number of H-pyrrole nitrogens is 1. The highest BCUT2D eigenvalue weighted by molar-refractivity contribution is 7.99. The number of aryl methyl sites for hydroxylation is 1. The van der Waals surface area contributed by atoms with Gasteiger partial charge in [0.15, 0.2) is 0 Å². The van der Waals surface area contributed by atoms with Crippen molar-refractivity contribution in [2.75, 3.05) is 5.75 Å². The lowest BCUT2D eigenvalue weighted by atomic mass is 10.1. The third-order valence-electron chi connectivity index (χ3n) is 5.32. The number of amides is 1. The fraction of sp³-hybridized carbons (Fsp3) is 0.111. The van der Waals surface area contributed by atoms with E-state index in [2.05, 4.69) is 27.3 Å². The van der Waals surface area contributed by atoms with Crippen molar-refractivity contribution < 1.29 is 14.5 Å². The Morgan fingerprint density at radius 2 is 1.94 bits per heavy atom. The fourth-order valence-corrected chi connectivity index (χ4v) is 4.39. The first-order valence-corrected chi connectivity index (χ1v) is 12.5. The molecule has 7 nitrogen and oxygen atoms in total. The zero-order valence-corrected chi connectivity index (χ0v) is 21.2. The van der Waals surface area contributed by atoms with Crippen LogP contribution >= 0.6 is 23.4 Å². The number of rotatable bonds is 9. The molecule has 9 heteroatoms. The molecular weight excluding hydrogens is 494 g/mol. The van der Waals surface area contributed by atoms with E-state index >= 15 is 0 Å². The Kier molecular flexibility index (Phi) is 8.20. The fourth-order valence-electron chi connectivity index (χ4n) is 3.50. The predicted octanol–water partition coefficient (Wildman–Crippen LogP) is 4.99. The van der Waals surface area contributed by atoms with Gasteiger partial charge >= 0.3 is 5.16 Å². The molecule has 1 aromatic heterocycles. The molecule has 182 valence electrons. The summed E-state index contributed by atoms with van der Waals surface area (Å²) in [5.41, 5.74) is 6.74. The number of aromatic amines is 1. The van der Waals surface area contributed by atoms with Crippen molar-refractivity contribution in [2.45, 2.75) is 18.5 Å². The molecule has 4 aromatic rings. The third kappa shape index (κ3) is 6.02. The molecule has 4 rings (SSSR count). The molecule has 0 aliphatic rings. The van der Waals surface area contributed by atoms with Crippen molar-refractivity contribution in [2.24, 2.45) is 5.10 Å². The Labute approximate surface area is 218 Å². The molecule has 0 saturated heterocycles. The van der Waals surface area contributed by atoms with Crippen LogP contribution in [0, 0.1) is 6.92 Å². The summed E-state index contributed by atoms with van der Waals surface area (Å²) in [6.07, 6.45) is 3.67. The number of hydrogen-bond donors (Lipinski definition) is 3. The van der Waals surface area contributed by atoms with Crippen LogP contribution in [0.15, 0.2) is 89.6 Å². The highest BCUT2D eigenvalue weighted by Crippen LogP contribution is 2.23. The van der Waals surface area contributed by atoms with Gasteiger partial charge in [0.1, 0.15) is 11.4 Å². The number of phenols is 1. The van der Waals surface area contributed by atoms with Crippen molar-refractivity contribution >= 4 is 35.5 Å². The maximum Gasteiger partial charge on any atom is 0.342 e. The van der Waals surface area contributed by atoms with Gasteiger partial charge in [-0.25, -0.2) is 5.43 Å². The summed E-state index contributed by atoms with van der Waals surface area (Å²) in [5.74, 6) is 0.689. The van der Waals surface area contributed by atoms with E-state index in [1.165, 1.54) is 18.0 Å². The number of aromatic nitrogens is 3. The van der Waals surface area contributed by atoms with Gasteiger partial charge in [-0.15, -0.1) is 11.7 Å². The molecular formula is C27H25ClN5O2S+. The van der Waals surface area contributed by atoms with Crippen LogP contribution in [0.5, 0.6) is 5.75 Å². The average Bonchev–Trinajstić information content (AvgIpc) is 3.30. The molecule has 1 amide bonds. The molecule has 0 atom stereocenters. The van der Waals surface area contributed by atoms with Crippen LogP contribution in [0.4, 0.5) is 0 Å². The maximum absolute atomic E-state index is 12.5. The van der Waals surface area contributed by atoms with Gasteiger partial charge in [-0.1, -0.05) is 47.5 Å². The lowest BCUT2D eigenvalue weighted by Gasteiger charge is -2.05. The Morgan fingerprint density at radius 1 is 1.19 bits per heavy atom. The summed E-state index contributed by atoms with van der Waals surface area (Å²) < 4.78 is 1.95. The molecule has 0 bridgehead atoms. The van der Waals surface area contributed by atoms with Gasteiger partial charge in [0.25, 0.3) is 11.7 Å². The first-order chi connectivity index (χ1) is 17.5. The summed E-state index contributed by atoms with van der Waals surface area (Å²) in [4.78, 5) is 12.5. The number of allylic oxidation sites excluding steroid dienone is 1. The smallest absolute Gasteiger partial charge is 0.342 e. The number of carbonyl (C=O) groups is 1. The second-order valence-corrected chi connectivity index (χ2v) is 9.34. The van der Waals surface area contributed by atoms with E-state index in [1.807, 2.05) is 72.2 Å². The highest BCUT2D eigenvalue weighted by Gasteiger charge is 2.24. The molecule has 36 heavy (non-hydrogen) atoms. The minimum atomic E-state index is -0.305. The number of nitrogens with zero attached hydrogens (tertiary/aromatic N) is 3. The van der Waals surface area contributed by atoms with Crippen molar-refractivity contribution in [1.29, 1.82) is 0 Å². The zero-order chi connectivity index (χ0) is 25.5. The van der Waals surface area contributed by atoms with Gasteiger partial charge in [-0.2, -0.15) is 9.67 Å². The summed E-state index contributed by atoms with van der Waals surface area (Å²) in [7, 11) is 0. The number of halogens is 1. The Bertz CT molecular complexity index is 1400. The largest absolute Gasteiger partial charge is 0.507 e. The van der Waals surface area contributed by atoms with Gasteiger partial charge in [0.05, 0.1) is 22.6 Å². The van der Waals surface area contributed by atoms with E-state index in [-0.39, 0.29) is 17.4 Å². The van der Waals surface area contributed by atoms with Crippen molar-refractivity contribution in [3.05, 3.63) is 101 Å². The number of carbonyl (C=O) groups excluding carboxylic acids is 1. The SMILES string of the molecule is C=CCc1cccc(/C=N/NC(=O)CSc2n[nH]c(-c3ccc(C)cc3)[n+]2-c2ccc(Cl)cc2)c1O. The van der Waals surface area contributed by atoms with Crippen molar-refractivity contribution in [1.82, 2.24) is 15.6 Å². The minimum absolute atomic E-state index is 0.0889. The molecule has 0 aliphatic carbocycles. The molecule has 0 unspecified atom stereocenters. The van der Waals surface area contributed by atoms with Crippen LogP contribution in [-0.4, -0.2) is 33.2 Å². The van der Waals surface area contributed by atoms with Crippen LogP contribution in [0.1, 0.15) is 16.7 Å². The lowest BCUT2D eigenvalue weighted by Crippen LogP contribution is -2.34. The monoisotopic (exact) mass is 518 g/mol. The molecule has 0 radical (unpaired) electrons. The van der Waals surface area contributed by atoms with Gasteiger partial charge in [0, 0.05) is 10.6 Å². The second kappa shape index (κ2) is 11.7. The van der Waals surface area contributed by atoms with Crippen molar-refractivity contribution in [3.63, 3.8) is 0 Å². The molecule has 0 saturated carbocycles. The zero-order valence-electron chi connectivity index (χ0n) is 19.6. The normalized spacial score (nSPS) is 11.1. The second-order valence-electron chi connectivity index (χ2n) is 7.96. The van der Waals surface area contributed by atoms with E-state index in [0.29, 0.717) is 22.2 Å². The molecule has 1 heterocycles. The van der Waals surface area contributed by atoms with E-state index in [4.69, 9.17) is 11.6 Å². The van der Waals surface area contributed by atoms with Crippen LogP contribution in [0.25, 0.3) is 17.1 Å². The van der Waals surface area contributed by atoms with Crippen LogP contribution in [0.3, 0.4) is 0 Å². The van der Waals surface area contributed by atoms with Crippen LogP contribution in [0.2, 0.25) is 5.02 Å². The molecule has 0 aliphatic heterocycles. The number of hydrazone groups is 1. The topological polar surface area (TPSA) is 94.2 Å². The molecule has 0 fully saturated rings. The van der Waals surface area contributed by atoms with Crippen LogP contribution < -0.4 is 9.99 Å². The van der Waals surface area contributed by atoms with E-state index in [0.717, 1.165) is 28.2 Å². The molecule has 0 spiro atoms. The molecule has 3 N–H and O–H groups in total. The highest BCUT2D eigenvalue weighted by atomic mass is 35.5. The quantitative estimate of drug-likeness (QED) is 0.0956. The van der Waals surface area contributed by atoms with E-state index in [1.54, 1.807) is 12.1 Å². The Hall–Kier alpha value is -3.88. The summed E-state index contributed by atoms with van der Waals surface area (Å²) >= 11 is 7.36. The standard InChI is InChI=1S/C27H24ClN5O2S/c1-3-5-19-6-4-7-21(25(19)35)16-29-30-24(34)17-36-27-32-31-26(20-10-8-18(2)9-11-20)33(27)23-14-12-22(28)13-15-23/h3-4,6-16H,1,5,17H2,2H3,(H2,29,30,34,35)/p+1. The number of para-hydroxylation sites is 1. The third-order valence-corrected chi connectivity index (χ3v) is 6.51. The first-order valence-electron chi connectivity index (χ1n) is 11.2. The summed E-state index contributed by atoms with van der Waals surface area (Å²) in [6.45, 7) is 5.72. The Balaban J connectivity index is 1.49. The number of thioether (sulfide) groups is 1. The molecule has 3 aromatic carbocycles. The number of aromatic hydroxyl groups is 1. The number of phenolic OH excluding ortho intramolecular Hbond substituents is 1. The number of benzene rings is 3. The van der Waals surface area contributed by atoms with Gasteiger partial charge < -0.3 is 5.11 Å². The van der Waals surface area contributed by atoms with Gasteiger partial charge in [-0.05, 0) is 73.1 Å². The summed E-state index contributed by atoms with van der Waals surface area (Å²) in [5, 5.41) is 23.1. The minimum Gasteiger partial charge on any atom is -0.507 e. The van der Waals surface area contributed by atoms with Gasteiger partial charge in [0.2, 0.25) is 0 Å². The lowest BCUT2D eigenvalue weighted by molar-refractivity contribution is -0.625. The maximum atomic E-state index is 12.5. The van der Waals surface area contributed by atoms with E-state index in [9.17, 15) is 9.90 Å². The first kappa shape index (κ1) is 25.2. The summed E-state index contributed by atoms with van der Waals surface area (Å²) in [6, 6.07) is 20.9. The van der Waals surface area contributed by atoms with Crippen molar-refractivity contribution in [3.8, 4) is 22.8 Å². The number of hydrogen-bond acceptors (Lipinski definition) is 5. The van der Waals surface area contributed by atoms with E-state index < -0.39 is 0 Å². The Morgan fingerprint density at radius 3 is 2.67 bits per heavy atom. The predicted molar refractivity (Wildman–Crippen MR) is 144 cm³/mol. The van der Waals surface area contributed by atoms with Gasteiger partial charge in [-0.3, -0.25) is 4.79 Å². The van der Waals surface area contributed by atoms with Crippen LogP contribution in [-0.2, 0) is 11.2 Å². The number of nitrogens with one attached hydrogen (secondary N) is 2. The average molecular weight is 519 g/mol.